The number of halogens is 1. The molecule has 3 heterocycles. The topological polar surface area (TPSA) is 188 Å². The number of aryl methyl sites for hydroxylation is 1. The highest BCUT2D eigenvalue weighted by atomic mass is 35.5. The van der Waals surface area contributed by atoms with Gasteiger partial charge in [-0.2, -0.15) is 4.98 Å². The van der Waals surface area contributed by atoms with Crippen molar-refractivity contribution < 1.29 is 14.7 Å². The first-order valence-electron chi connectivity index (χ1n) is 17.4. The fourth-order valence-corrected chi connectivity index (χ4v) is 6.50. The van der Waals surface area contributed by atoms with Crippen LogP contribution >= 0.6 is 11.6 Å². The summed E-state index contributed by atoms with van der Waals surface area (Å²) in [4.78, 5) is 34.8. The third-order valence-electron chi connectivity index (χ3n) is 9.16. The number of fused-ring (bicyclic) bond motifs is 1. The van der Waals surface area contributed by atoms with Crippen LogP contribution in [0.2, 0.25) is 5.02 Å². The lowest BCUT2D eigenvalue weighted by Gasteiger charge is -2.33. The molecule has 1 saturated carbocycles. The van der Waals surface area contributed by atoms with E-state index in [9.17, 15) is 9.59 Å². The highest BCUT2D eigenvalue weighted by Gasteiger charge is 2.25. The number of nitrogens with zero attached hydrogens (tertiary/aromatic N) is 6. The summed E-state index contributed by atoms with van der Waals surface area (Å²) >= 11 is 6.30. The maximum absolute atomic E-state index is 12.6. The van der Waals surface area contributed by atoms with Crippen molar-refractivity contribution >= 4 is 46.1 Å². The van der Waals surface area contributed by atoms with E-state index >= 15 is 0 Å². The third-order valence-corrected chi connectivity index (χ3v) is 9.39. The number of carboxylic acid groups (broad SMARTS) is 1. The number of carbonyl (C=O) groups is 2. The van der Waals surface area contributed by atoms with Gasteiger partial charge >= 0.3 is 5.97 Å². The lowest BCUT2D eigenvalue weighted by molar-refractivity contribution is -0.139. The average molecular weight is 684 g/mol. The maximum Gasteiger partial charge on any atom is 0.320 e. The number of aliphatic carboxylic acids is 1. The number of benzene rings is 1. The van der Waals surface area contributed by atoms with E-state index in [1.165, 1.54) is 32.1 Å². The number of carbonyl (C=O) groups excluding carboxylic acids is 1. The Bertz CT molecular complexity index is 1470. The second-order valence-electron chi connectivity index (χ2n) is 12.9. The molecular formula is C33H50ClN11O3. The van der Waals surface area contributed by atoms with Gasteiger partial charge in [0.05, 0.1) is 18.3 Å². The number of piperidine rings is 1. The fraction of sp³-hybridized carbons (Fsp3) is 0.636. The van der Waals surface area contributed by atoms with Crippen LogP contribution in [0.25, 0.3) is 10.9 Å². The molecular weight excluding hydrogens is 634 g/mol. The first kappa shape index (κ1) is 35.7. The smallest absolute Gasteiger partial charge is 0.320 e. The predicted molar refractivity (Wildman–Crippen MR) is 187 cm³/mol. The van der Waals surface area contributed by atoms with Crippen LogP contribution in [0.5, 0.6) is 0 Å². The summed E-state index contributed by atoms with van der Waals surface area (Å²) in [5.41, 5.74) is 7.07. The summed E-state index contributed by atoms with van der Waals surface area (Å²) in [7, 11) is 0. The fourth-order valence-electron chi connectivity index (χ4n) is 6.33. The van der Waals surface area contributed by atoms with Crippen molar-refractivity contribution in [2.75, 3.05) is 43.4 Å². The number of aromatic nitrogens is 5. The lowest BCUT2D eigenvalue weighted by atomic mass is 9.95. The van der Waals surface area contributed by atoms with E-state index in [-0.39, 0.29) is 24.8 Å². The zero-order chi connectivity index (χ0) is 33.7. The second-order valence-corrected chi connectivity index (χ2v) is 13.3. The van der Waals surface area contributed by atoms with Gasteiger partial charge in [0.2, 0.25) is 11.9 Å². The number of rotatable bonds is 18. The molecule has 1 atom stereocenters. The number of likely N-dealkylation sites (tertiary alicyclic amines) is 1. The average Bonchev–Trinajstić information content (AvgIpc) is 3.55. The molecule has 3 aromatic rings. The molecule has 5 rings (SSSR count). The molecule has 1 amide bonds. The van der Waals surface area contributed by atoms with Crippen LogP contribution in [0.3, 0.4) is 0 Å². The molecule has 2 aliphatic rings. The van der Waals surface area contributed by atoms with Gasteiger partial charge in [-0.1, -0.05) is 36.1 Å². The molecule has 0 spiro atoms. The van der Waals surface area contributed by atoms with Crippen LogP contribution in [0.4, 0.5) is 11.8 Å². The molecule has 0 radical (unpaired) electrons. The van der Waals surface area contributed by atoms with Crippen LogP contribution < -0.4 is 27.0 Å². The van der Waals surface area contributed by atoms with Crippen LogP contribution in [0.1, 0.15) is 76.3 Å². The van der Waals surface area contributed by atoms with Crippen molar-refractivity contribution in [2.45, 2.75) is 102 Å². The van der Waals surface area contributed by atoms with Crippen molar-refractivity contribution in [3.63, 3.8) is 0 Å². The van der Waals surface area contributed by atoms with Crippen LogP contribution in [0, 0.1) is 0 Å². The molecule has 1 aliphatic carbocycles. The SMILES string of the molecule is NC(CCC(=O)N1CCC(Nc2nc(NCc3cn(CCCNCCCNC4CCCCC4)nn3)nc3cc(Cl)ccc23)CC1)C(=O)O. The number of anilines is 2. The molecule has 1 aliphatic heterocycles. The third kappa shape index (κ3) is 11.0. The molecule has 1 unspecified atom stereocenters. The number of carboxylic acids is 1. The normalized spacial score (nSPS) is 16.7. The molecule has 7 N–H and O–H groups in total. The van der Waals surface area contributed by atoms with Gasteiger partial charge in [-0.05, 0) is 82.8 Å². The second kappa shape index (κ2) is 18.2. The van der Waals surface area contributed by atoms with E-state index in [1.807, 2.05) is 29.1 Å². The highest BCUT2D eigenvalue weighted by molar-refractivity contribution is 6.31. The van der Waals surface area contributed by atoms with E-state index < -0.39 is 12.0 Å². The van der Waals surface area contributed by atoms with E-state index in [4.69, 9.17) is 32.4 Å². The van der Waals surface area contributed by atoms with Crippen molar-refractivity contribution in [2.24, 2.45) is 5.73 Å². The Balaban J connectivity index is 1.06. The molecule has 2 aromatic heterocycles. The van der Waals surface area contributed by atoms with Crippen molar-refractivity contribution in [1.82, 2.24) is 40.5 Å². The summed E-state index contributed by atoms with van der Waals surface area (Å²) in [6.45, 7) is 5.40. The highest BCUT2D eigenvalue weighted by Crippen LogP contribution is 2.27. The Kier molecular flexibility index (Phi) is 13.6. The summed E-state index contributed by atoms with van der Waals surface area (Å²) in [6.07, 6.45) is 12.6. The zero-order valence-electron chi connectivity index (χ0n) is 27.7. The molecule has 262 valence electrons. The molecule has 15 heteroatoms. The van der Waals surface area contributed by atoms with Gasteiger partial charge in [0.15, 0.2) is 0 Å². The number of nitrogens with one attached hydrogen (secondary N) is 4. The minimum atomic E-state index is -1.09. The Hall–Kier alpha value is -3.59. The Morgan fingerprint density at radius 1 is 1.02 bits per heavy atom. The Labute approximate surface area is 287 Å². The standard InChI is InChI=1S/C33H50ClN11O3/c34-23-8-9-27-29(20-23)40-33(41-31(27)39-25-12-18-44(19-13-25)30(46)11-10-28(35)32(47)48)38-21-26-22-45(43-42-26)17-5-15-36-14-4-16-37-24-6-2-1-3-7-24/h8-9,20,22,24-25,28,36-37H,1-7,10-19,21,35H2,(H,47,48)(H2,38,39,40,41). The van der Waals surface area contributed by atoms with E-state index in [0.717, 1.165) is 69.0 Å². The van der Waals surface area contributed by atoms with Gasteiger partial charge in [0.1, 0.15) is 17.6 Å². The van der Waals surface area contributed by atoms with E-state index in [2.05, 4.69) is 31.6 Å². The van der Waals surface area contributed by atoms with Gasteiger partial charge in [0.25, 0.3) is 0 Å². The number of amides is 1. The van der Waals surface area contributed by atoms with Crippen molar-refractivity contribution in [3.05, 3.63) is 35.1 Å². The summed E-state index contributed by atoms with van der Waals surface area (Å²) < 4.78 is 1.87. The summed E-state index contributed by atoms with van der Waals surface area (Å²) in [6, 6.07) is 5.34. The summed E-state index contributed by atoms with van der Waals surface area (Å²) in [5, 5.41) is 33.1. The monoisotopic (exact) mass is 683 g/mol. The minimum absolute atomic E-state index is 0.0691. The molecule has 2 fully saturated rings. The van der Waals surface area contributed by atoms with Crippen molar-refractivity contribution in [3.8, 4) is 0 Å². The molecule has 48 heavy (non-hydrogen) atoms. The quantitative estimate of drug-likeness (QED) is 0.107. The van der Waals surface area contributed by atoms with Crippen LogP contribution in [0.15, 0.2) is 24.4 Å². The minimum Gasteiger partial charge on any atom is -0.480 e. The first-order valence-corrected chi connectivity index (χ1v) is 17.8. The largest absolute Gasteiger partial charge is 0.480 e. The van der Waals surface area contributed by atoms with Crippen molar-refractivity contribution in [1.29, 1.82) is 0 Å². The van der Waals surface area contributed by atoms with Gasteiger partial charge in [-0.15, -0.1) is 5.10 Å². The molecule has 1 aromatic carbocycles. The lowest BCUT2D eigenvalue weighted by Crippen LogP contribution is -2.43. The predicted octanol–water partition coefficient (Wildman–Crippen LogP) is 3.37. The van der Waals surface area contributed by atoms with Gasteiger partial charge in [0, 0.05) is 48.5 Å². The van der Waals surface area contributed by atoms with Gasteiger partial charge < -0.3 is 37.0 Å². The van der Waals surface area contributed by atoms with Gasteiger partial charge in [-0.3, -0.25) is 14.3 Å². The number of hydrogen-bond acceptors (Lipinski definition) is 11. The van der Waals surface area contributed by atoms with E-state index in [0.29, 0.717) is 41.9 Å². The Morgan fingerprint density at radius 3 is 2.60 bits per heavy atom. The first-order chi connectivity index (χ1) is 23.3. The maximum atomic E-state index is 12.6. The van der Waals surface area contributed by atoms with Crippen LogP contribution in [-0.4, -0.2) is 97.7 Å². The summed E-state index contributed by atoms with van der Waals surface area (Å²) in [5.74, 6) is -0.0182. The Morgan fingerprint density at radius 2 is 1.81 bits per heavy atom. The molecule has 0 bridgehead atoms. The number of nitrogens with two attached hydrogens (primary N) is 1. The van der Waals surface area contributed by atoms with Crippen LogP contribution in [-0.2, 0) is 22.7 Å². The zero-order valence-corrected chi connectivity index (χ0v) is 28.4. The molecule has 1 saturated heterocycles. The molecule has 14 nitrogen and oxygen atoms in total. The van der Waals surface area contributed by atoms with Gasteiger partial charge in [-0.25, -0.2) is 4.98 Å². The number of hydrogen-bond donors (Lipinski definition) is 6. The van der Waals surface area contributed by atoms with E-state index in [1.54, 1.807) is 4.90 Å².